The molecule has 0 spiro atoms. The second kappa shape index (κ2) is 8.02. The number of anilines is 2. The van der Waals surface area contributed by atoms with Gasteiger partial charge in [0.1, 0.15) is 0 Å². The van der Waals surface area contributed by atoms with Crippen LogP contribution >= 0.6 is 15.9 Å². The Labute approximate surface area is 172 Å². The van der Waals surface area contributed by atoms with Gasteiger partial charge in [-0.25, -0.2) is 12.7 Å². The molecule has 7 nitrogen and oxygen atoms in total. The standard InChI is InChI=1S/C19H20BrN3O4S/c1-22(2)28(26,27)17-12-13(5-10-16(17)20)19(25)21-14-6-8-15(9-7-14)23-11-3-4-18(23)24/h5-10,12H,3-4,11H2,1-2H3,(H,21,25). The highest BCUT2D eigenvalue weighted by atomic mass is 79.9. The van der Waals surface area contributed by atoms with Crippen molar-refractivity contribution < 1.29 is 18.0 Å². The maximum Gasteiger partial charge on any atom is 0.255 e. The number of rotatable bonds is 5. The number of carbonyl (C=O) groups excluding carboxylic acids is 2. The molecular weight excluding hydrogens is 446 g/mol. The van der Waals surface area contributed by atoms with Crippen LogP contribution < -0.4 is 10.2 Å². The lowest BCUT2D eigenvalue weighted by atomic mass is 10.2. The molecule has 0 atom stereocenters. The monoisotopic (exact) mass is 465 g/mol. The van der Waals surface area contributed by atoms with E-state index in [-0.39, 0.29) is 16.4 Å². The van der Waals surface area contributed by atoms with Crippen molar-refractivity contribution in [2.24, 2.45) is 0 Å². The Bertz CT molecular complexity index is 1020. The van der Waals surface area contributed by atoms with Gasteiger partial charge >= 0.3 is 0 Å². The summed E-state index contributed by atoms with van der Waals surface area (Å²) >= 11 is 3.23. The van der Waals surface area contributed by atoms with Crippen LogP contribution in [-0.4, -0.2) is 45.2 Å². The zero-order chi connectivity index (χ0) is 20.5. The summed E-state index contributed by atoms with van der Waals surface area (Å²) in [6.45, 7) is 0.701. The number of halogens is 1. The number of nitrogens with one attached hydrogen (secondary N) is 1. The predicted molar refractivity (Wildman–Crippen MR) is 111 cm³/mol. The Morgan fingerprint density at radius 2 is 1.82 bits per heavy atom. The summed E-state index contributed by atoms with van der Waals surface area (Å²) < 4.78 is 26.3. The van der Waals surface area contributed by atoms with Gasteiger partial charge in [-0.2, -0.15) is 0 Å². The van der Waals surface area contributed by atoms with Gasteiger partial charge in [-0.15, -0.1) is 0 Å². The first-order valence-electron chi connectivity index (χ1n) is 8.64. The number of hydrogen-bond acceptors (Lipinski definition) is 4. The molecule has 2 aromatic carbocycles. The van der Waals surface area contributed by atoms with Gasteiger partial charge in [-0.05, 0) is 64.8 Å². The van der Waals surface area contributed by atoms with Crippen LogP contribution in [0.2, 0.25) is 0 Å². The minimum atomic E-state index is -3.69. The molecule has 0 saturated carbocycles. The molecule has 9 heteroatoms. The second-order valence-electron chi connectivity index (χ2n) is 6.58. The Balaban J connectivity index is 1.79. The predicted octanol–water partition coefficient (Wildman–Crippen LogP) is 3.08. The van der Waals surface area contributed by atoms with Crippen molar-refractivity contribution in [1.82, 2.24) is 4.31 Å². The molecule has 1 saturated heterocycles. The van der Waals surface area contributed by atoms with Gasteiger partial charge in [0.05, 0.1) is 4.90 Å². The van der Waals surface area contributed by atoms with Crippen LogP contribution in [0.1, 0.15) is 23.2 Å². The zero-order valence-electron chi connectivity index (χ0n) is 15.5. The van der Waals surface area contributed by atoms with Crippen LogP contribution in [0.5, 0.6) is 0 Å². The fourth-order valence-electron chi connectivity index (χ4n) is 2.89. The smallest absolute Gasteiger partial charge is 0.255 e. The SMILES string of the molecule is CN(C)S(=O)(=O)c1cc(C(=O)Nc2ccc(N3CCCC3=O)cc2)ccc1Br. The van der Waals surface area contributed by atoms with Crippen molar-refractivity contribution in [3.05, 3.63) is 52.5 Å². The number of carbonyl (C=O) groups is 2. The Morgan fingerprint density at radius 3 is 2.39 bits per heavy atom. The van der Waals surface area contributed by atoms with Crippen LogP contribution in [-0.2, 0) is 14.8 Å². The molecule has 0 bridgehead atoms. The van der Waals surface area contributed by atoms with E-state index in [9.17, 15) is 18.0 Å². The third-order valence-electron chi connectivity index (χ3n) is 4.46. The minimum Gasteiger partial charge on any atom is -0.322 e. The summed E-state index contributed by atoms with van der Waals surface area (Å²) in [6, 6.07) is 11.4. The lowest BCUT2D eigenvalue weighted by Gasteiger charge is -2.16. The molecule has 0 radical (unpaired) electrons. The molecule has 3 rings (SSSR count). The third kappa shape index (κ3) is 4.11. The molecule has 148 valence electrons. The molecule has 0 aromatic heterocycles. The van der Waals surface area contributed by atoms with Gasteiger partial charge in [-0.1, -0.05) is 0 Å². The van der Waals surface area contributed by atoms with Crippen LogP contribution in [0.4, 0.5) is 11.4 Å². The van der Waals surface area contributed by atoms with Crippen molar-refractivity contribution >= 4 is 49.1 Å². The fourth-order valence-corrected chi connectivity index (χ4v) is 4.73. The Hall–Kier alpha value is -2.23. The molecule has 0 unspecified atom stereocenters. The molecule has 2 aromatic rings. The first-order chi connectivity index (χ1) is 13.2. The van der Waals surface area contributed by atoms with E-state index in [4.69, 9.17) is 0 Å². The molecule has 28 heavy (non-hydrogen) atoms. The molecule has 1 heterocycles. The molecule has 2 amide bonds. The van der Waals surface area contributed by atoms with Gasteiger partial charge in [0.2, 0.25) is 15.9 Å². The minimum absolute atomic E-state index is 0.0213. The van der Waals surface area contributed by atoms with Crippen molar-refractivity contribution in [3.63, 3.8) is 0 Å². The van der Waals surface area contributed by atoms with E-state index < -0.39 is 15.9 Å². The van der Waals surface area contributed by atoms with Crippen molar-refractivity contribution in [1.29, 1.82) is 0 Å². The maximum absolute atomic E-state index is 12.6. The van der Waals surface area contributed by atoms with E-state index in [0.29, 0.717) is 23.1 Å². The Morgan fingerprint density at radius 1 is 1.14 bits per heavy atom. The van der Waals surface area contributed by atoms with E-state index in [1.165, 1.54) is 26.2 Å². The molecule has 0 aliphatic carbocycles. The fraction of sp³-hybridized carbons (Fsp3) is 0.263. The normalized spacial score (nSPS) is 14.6. The number of benzene rings is 2. The Kier molecular flexibility index (Phi) is 5.87. The third-order valence-corrected chi connectivity index (χ3v) is 7.27. The summed E-state index contributed by atoms with van der Waals surface area (Å²) in [5.41, 5.74) is 1.58. The summed E-state index contributed by atoms with van der Waals surface area (Å²) in [5.74, 6) is -0.325. The van der Waals surface area contributed by atoms with E-state index in [2.05, 4.69) is 21.2 Å². The highest BCUT2D eigenvalue weighted by Gasteiger charge is 2.23. The first-order valence-corrected chi connectivity index (χ1v) is 10.9. The molecule has 1 aliphatic rings. The molecule has 1 fully saturated rings. The molecule has 1 N–H and O–H groups in total. The van der Waals surface area contributed by atoms with Crippen LogP contribution in [0.25, 0.3) is 0 Å². The van der Waals surface area contributed by atoms with E-state index in [1.54, 1.807) is 35.2 Å². The first kappa shape index (κ1) is 20.5. The van der Waals surface area contributed by atoms with Crippen LogP contribution in [0.15, 0.2) is 51.8 Å². The van der Waals surface area contributed by atoms with Gasteiger partial charge in [-0.3, -0.25) is 9.59 Å². The number of nitrogens with zero attached hydrogens (tertiary/aromatic N) is 2. The molecule has 1 aliphatic heterocycles. The van der Waals surface area contributed by atoms with Gasteiger partial charge in [0, 0.05) is 48.5 Å². The average Bonchev–Trinajstić information content (AvgIpc) is 3.08. The van der Waals surface area contributed by atoms with Crippen molar-refractivity contribution in [3.8, 4) is 0 Å². The lowest BCUT2D eigenvalue weighted by Crippen LogP contribution is -2.23. The summed E-state index contributed by atoms with van der Waals surface area (Å²) in [7, 11) is -0.824. The maximum atomic E-state index is 12.6. The number of amides is 2. The zero-order valence-corrected chi connectivity index (χ0v) is 17.9. The van der Waals surface area contributed by atoms with E-state index >= 15 is 0 Å². The summed E-state index contributed by atoms with van der Waals surface area (Å²) in [4.78, 5) is 26.1. The van der Waals surface area contributed by atoms with Crippen molar-refractivity contribution in [2.75, 3.05) is 30.9 Å². The highest BCUT2D eigenvalue weighted by molar-refractivity contribution is 9.10. The highest BCUT2D eigenvalue weighted by Crippen LogP contribution is 2.26. The molecular formula is C19H20BrN3O4S. The summed E-state index contributed by atoms with van der Waals surface area (Å²) in [6.07, 6.45) is 1.40. The van der Waals surface area contributed by atoms with E-state index in [0.717, 1.165) is 16.4 Å². The quantitative estimate of drug-likeness (QED) is 0.734. The number of hydrogen-bond donors (Lipinski definition) is 1. The van der Waals surface area contributed by atoms with Gasteiger partial charge in [0.15, 0.2) is 0 Å². The van der Waals surface area contributed by atoms with Gasteiger partial charge in [0.25, 0.3) is 5.91 Å². The summed E-state index contributed by atoms with van der Waals surface area (Å²) in [5, 5.41) is 2.75. The number of sulfonamides is 1. The van der Waals surface area contributed by atoms with Crippen molar-refractivity contribution in [2.45, 2.75) is 17.7 Å². The lowest BCUT2D eigenvalue weighted by molar-refractivity contribution is -0.117. The van der Waals surface area contributed by atoms with Gasteiger partial charge < -0.3 is 10.2 Å². The second-order valence-corrected chi connectivity index (χ2v) is 9.56. The van der Waals surface area contributed by atoms with Crippen LogP contribution in [0.3, 0.4) is 0 Å². The largest absolute Gasteiger partial charge is 0.322 e. The van der Waals surface area contributed by atoms with E-state index in [1.807, 2.05) is 0 Å². The topological polar surface area (TPSA) is 86.8 Å². The average molecular weight is 466 g/mol. The van der Waals surface area contributed by atoms with Crippen LogP contribution in [0, 0.1) is 0 Å².